The van der Waals surface area contributed by atoms with Crippen molar-refractivity contribution < 1.29 is 4.79 Å². The Balaban J connectivity index is 1.96. The van der Waals surface area contributed by atoms with Crippen LogP contribution in [0.5, 0.6) is 0 Å². The fourth-order valence-corrected chi connectivity index (χ4v) is 2.81. The minimum Gasteiger partial charge on any atom is -0.350 e. The van der Waals surface area contributed by atoms with Gasteiger partial charge in [0.2, 0.25) is 5.91 Å². The molecule has 2 rings (SSSR count). The standard InChI is InChI=1S/C16H24N2O/c1-12-6-7-14(13(2)10-12)11-18-15(19)16(17)8-4-3-5-9-16/h6-7,10H,3-5,8-9,11,17H2,1-2H3,(H,18,19). The molecule has 0 heterocycles. The molecule has 3 heteroatoms. The van der Waals surface area contributed by atoms with E-state index in [-0.39, 0.29) is 5.91 Å². The lowest BCUT2D eigenvalue weighted by atomic mass is 9.82. The molecular formula is C16H24N2O. The van der Waals surface area contributed by atoms with E-state index in [4.69, 9.17) is 5.73 Å². The summed E-state index contributed by atoms with van der Waals surface area (Å²) in [5.41, 5.74) is 9.20. The number of carbonyl (C=O) groups excluding carboxylic acids is 1. The van der Waals surface area contributed by atoms with E-state index in [2.05, 4.69) is 37.4 Å². The van der Waals surface area contributed by atoms with Crippen LogP contribution in [-0.4, -0.2) is 11.4 Å². The first-order valence-corrected chi connectivity index (χ1v) is 7.15. The van der Waals surface area contributed by atoms with E-state index in [1.165, 1.54) is 23.1 Å². The number of carbonyl (C=O) groups is 1. The second-order valence-corrected chi connectivity index (χ2v) is 5.83. The van der Waals surface area contributed by atoms with Crippen LogP contribution in [-0.2, 0) is 11.3 Å². The predicted octanol–water partition coefficient (Wildman–Crippen LogP) is 2.58. The number of hydrogen-bond acceptors (Lipinski definition) is 2. The van der Waals surface area contributed by atoms with Crippen molar-refractivity contribution in [3.63, 3.8) is 0 Å². The number of benzene rings is 1. The van der Waals surface area contributed by atoms with E-state index in [0.29, 0.717) is 6.54 Å². The minimum atomic E-state index is -0.642. The molecule has 0 bridgehead atoms. The number of aryl methyl sites for hydroxylation is 2. The molecule has 1 fully saturated rings. The van der Waals surface area contributed by atoms with Crippen molar-refractivity contribution in [2.45, 2.75) is 58.0 Å². The summed E-state index contributed by atoms with van der Waals surface area (Å²) >= 11 is 0. The molecule has 0 atom stereocenters. The van der Waals surface area contributed by atoms with Crippen molar-refractivity contribution in [1.29, 1.82) is 0 Å². The highest BCUT2D eigenvalue weighted by Crippen LogP contribution is 2.26. The van der Waals surface area contributed by atoms with Gasteiger partial charge in [-0.15, -0.1) is 0 Å². The van der Waals surface area contributed by atoms with Gasteiger partial charge in [0.15, 0.2) is 0 Å². The average Bonchev–Trinajstić information content (AvgIpc) is 2.38. The zero-order valence-electron chi connectivity index (χ0n) is 12.0. The Labute approximate surface area is 115 Å². The summed E-state index contributed by atoms with van der Waals surface area (Å²) in [6, 6.07) is 6.29. The topological polar surface area (TPSA) is 55.1 Å². The third kappa shape index (κ3) is 3.35. The SMILES string of the molecule is Cc1ccc(CNC(=O)C2(N)CCCCC2)c(C)c1. The van der Waals surface area contributed by atoms with Gasteiger partial charge in [0.25, 0.3) is 0 Å². The molecular weight excluding hydrogens is 236 g/mol. The average molecular weight is 260 g/mol. The molecule has 0 aliphatic heterocycles. The fourth-order valence-electron chi connectivity index (χ4n) is 2.81. The van der Waals surface area contributed by atoms with Crippen LogP contribution in [0.25, 0.3) is 0 Å². The van der Waals surface area contributed by atoms with Crippen molar-refractivity contribution in [3.05, 3.63) is 34.9 Å². The molecule has 0 aromatic heterocycles. The zero-order chi connectivity index (χ0) is 13.9. The van der Waals surface area contributed by atoms with Gasteiger partial charge >= 0.3 is 0 Å². The summed E-state index contributed by atoms with van der Waals surface area (Å²) in [6.07, 6.45) is 4.95. The number of nitrogens with one attached hydrogen (secondary N) is 1. The van der Waals surface area contributed by atoms with Crippen LogP contribution in [0.3, 0.4) is 0 Å². The van der Waals surface area contributed by atoms with Gasteiger partial charge in [-0.25, -0.2) is 0 Å². The summed E-state index contributed by atoms with van der Waals surface area (Å²) in [7, 11) is 0. The first kappa shape index (κ1) is 14.1. The largest absolute Gasteiger partial charge is 0.350 e. The molecule has 1 aliphatic rings. The molecule has 0 saturated heterocycles. The van der Waals surface area contributed by atoms with Crippen molar-refractivity contribution in [2.75, 3.05) is 0 Å². The quantitative estimate of drug-likeness (QED) is 0.877. The number of nitrogens with two attached hydrogens (primary N) is 1. The van der Waals surface area contributed by atoms with Crippen LogP contribution in [0.4, 0.5) is 0 Å². The van der Waals surface area contributed by atoms with Crippen molar-refractivity contribution in [3.8, 4) is 0 Å². The van der Waals surface area contributed by atoms with Gasteiger partial charge in [-0.05, 0) is 37.8 Å². The smallest absolute Gasteiger partial charge is 0.240 e. The molecule has 3 nitrogen and oxygen atoms in total. The first-order valence-electron chi connectivity index (χ1n) is 7.15. The Hall–Kier alpha value is -1.35. The second-order valence-electron chi connectivity index (χ2n) is 5.83. The third-order valence-electron chi connectivity index (χ3n) is 4.14. The van der Waals surface area contributed by atoms with Crippen molar-refractivity contribution in [1.82, 2.24) is 5.32 Å². The van der Waals surface area contributed by atoms with Crippen LogP contribution in [0.2, 0.25) is 0 Å². The normalized spacial score (nSPS) is 18.1. The number of amides is 1. The first-order chi connectivity index (χ1) is 9.01. The van der Waals surface area contributed by atoms with E-state index in [1.807, 2.05) is 0 Å². The predicted molar refractivity (Wildman–Crippen MR) is 77.8 cm³/mol. The summed E-state index contributed by atoms with van der Waals surface area (Å²) < 4.78 is 0. The Bertz CT molecular complexity index is 462. The molecule has 1 aromatic carbocycles. The number of rotatable bonds is 3. The van der Waals surface area contributed by atoms with Crippen LogP contribution < -0.4 is 11.1 Å². The monoisotopic (exact) mass is 260 g/mol. The maximum absolute atomic E-state index is 12.2. The molecule has 1 aromatic rings. The van der Waals surface area contributed by atoms with Gasteiger partial charge in [-0.1, -0.05) is 43.0 Å². The lowest BCUT2D eigenvalue weighted by Gasteiger charge is -2.31. The second kappa shape index (κ2) is 5.74. The minimum absolute atomic E-state index is 0.00664. The van der Waals surface area contributed by atoms with Gasteiger partial charge in [0.1, 0.15) is 0 Å². The summed E-state index contributed by atoms with van der Waals surface area (Å²) in [6.45, 7) is 4.73. The van der Waals surface area contributed by atoms with E-state index in [9.17, 15) is 4.79 Å². The van der Waals surface area contributed by atoms with Gasteiger partial charge < -0.3 is 11.1 Å². The fraction of sp³-hybridized carbons (Fsp3) is 0.562. The van der Waals surface area contributed by atoms with Crippen LogP contribution in [0.1, 0.15) is 48.8 Å². The Morgan fingerprint density at radius 2 is 1.95 bits per heavy atom. The third-order valence-corrected chi connectivity index (χ3v) is 4.14. The van der Waals surface area contributed by atoms with E-state index >= 15 is 0 Å². The highest BCUT2D eigenvalue weighted by molar-refractivity contribution is 5.86. The van der Waals surface area contributed by atoms with Gasteiger partial charge in [0.05, 0.1) is 5.54 Å². The Kier molecular flexibility index (Phi) is 4.25. The maximum Gasteiger partial charge on any atom is 0.240 e. The summed E-state index contributed by atoms with van der Waals surface area (Å²) in [4.78, 5) is 12.2. The lowest BCUT2D eigenvalue weighted by Crippen LogP contribution is -2.54. The van der Waals surface area contributed by atoms with Crippen molar-refractivity contribution >= 4 is 5.91 Å². The van der Waals surface area contributed by atoms with Crippen LogP contribution >= 0.6 is 0 Å². The number of hydrogen-bond donors (Lipinski definition) is 2. The molecule has 1 saturated carbocycles. The molecule has 0 radical (unpaired) electrons. The zero-order valence-corrected chi connectivity index (χ0v) is 12.0. The van der Waals surface area contributed by atoms with Crippen molar-refractivity contribution in [2.24, 2.45) is 5.73 Å². The van der Waals surface area contributed by atoms with E-state index < -0.39 is 5.54 Å². The maximum atomic E-state index is 12.2. The molecule has 1 aliphatic carbocycles. The van der Waals surface area contributed by atoms with Crippen LogP contribution in [0, 0.1) is 13.8 Å². The van der Waals surface area contributed by atoms with E-state index in [1.54, 1.807) is 0 Å². The highest BCUT2D eigenvalue weighted by atomic mass is 16.2. The molecule has 0 spiro atoms. The van der Waals surface area contributed by atoms with Crippen LogP contribution in [0.15, 0.2) is 18.2 Å². The molecule has 3 N–H and O–H groups in total. The molecule has 104 valence electrons. The Morgan fingerprint density at radius 1 is 1.26 bits per heavy atom. The van der Waals surface area contributed by atoms with Gasteiger partial charge in [-0.3, -0.25) is 4.79 Å². The molecule has 1 amide bonds. The lowest BCUT2D eigenvalue weighted by molar-refractivity contribution is -0.127. The van der Waals surface area contributed by atoms with Gasteiger partial charge in [0, 0.05) is 6.54 Å². The Morgan fingerprint density at radius 3 is 2.58 bits per heavy atom. The summed E-state index contributed by atoms with van der Waals surface area (Å²) in [5.74, 6) is 0.00664. The van der Waals surface area contributed by atoms with Gasteiger partial charge in [-0.2, -0.15) is 0 Å². The summed E-state index contributed by atoms with van der Waals surface area (Å²) in [5, 5.41) is 3.01. The van der Waals surface area contributed by atoms with E-state index in [0.717, 1.165) is 25.7 Å². The highest BCUT2D eigenvalue weighted by Gasteiger charge is 2.34. The molecule has 0 unspecified atom stereocenters. The molecule has 19 heavy (non-hydrogen) atoms.